The molecule has 0 heterocycles. The molecule has 0 amide bonds. The smallest absolute Gasteiger partial charge is 0.326 e. The maximum absolute atomic E-state index is 12.5. The van der Waals surface area contributed by atoms with Gasteiger partial charge in [0.2, 0.25) is 0 Å². The summed E-state index contributed by atoms with van der Waals surface area (Å²) in [6.07, 6.45) is -1.47. The van der Waals surface area contributed by atoms with Crippen LogP contribution in [0.5, 0.6) is 0 Å². The Morgan fingerprint density at radius 2 is 1.89 bits per heavy atom. The van der Waals surface area contributed by atoms with E-state index in [1.165, 1.54) is 4.90 Å². The Hall–Kier alpha value is -0.290. The van der Waals surface area contributed by atoms with Gasteiger partial charge in [-0.1, -0.05) is 20.8 Å². The highest BCUT2D eigenvalue weighted by atomic mass is 19.4. The molecule has 1 aliphatic rings. The summed E-state index contributed by atoms with van der Waals surface area (Å²) in [5, 5.41) is 0. The number of nitrogens with two attached hydrogens (primary N) is 1. The van der Waals surface area contributed by atoms with E-state index in [1.54, 1.807) is 6.92 Å². The fourth-order valence-corrected chi connectivity index (χ4v) is 2.92. The topological polar surface area (TPSA) is 29.3 Å². The Bertz CT molecular complexity index is 253. The second-order valence-electron chi connectivity index (χ2n) is 5.73. The standard InChI is InChI=1S/C13H25F3N2/c1-4-18(8-13(14,15)16)12-7-10(9(2)3)5-6-11(12)17/h9-12H,4-8,17H2,1-3H3. The Labute approximate surface area is 108 Å². The molecular weight excluding hydrogens is 241 g/mol. The van der Waals surface area contributed by atoms with Gasteiger partial charge in [0.05, 0.1) is 6.54 Å². The van der Waals surface area contributed by atoms with Crippen LogP contribution in [0.2, 0.25) is 0 Å². The summed E-state index contributed by atoms with van der Waals surface area (Å²) in [5.41, 5.74) is 6.03. The lowest BCUT2D eigenvalue weighted by atomic mass is 9.76. The van der Waals surface area contributed by atoms with Crippen molar-refractivity contribution < 1.29 is 13.2 Å². The molecule has 5 heteroatoms. The van der Waals surface area contributed by atoms with Gasteiger partial charge in [0.15, 0.2) is 0 Å². The van der Waals surface area contributed by atoms with Crippen LogP contribution in [0.3, 0.4) is 0 Å². The van der Waals surface area contributed by atoms with Crippen LogP contribution in [0.15, 0.2) is 0 Å². The first-order valence-electron chi connectivity index (χ1n) is 6.81. The average Bonchev–Trinajstić information content (AvgIpc) is 2.25. The van der Waals surface area contributed by atoms with Crippen molar-refractivity contribution in [3.05, 3.63) is 0 Å². The molecular formula is C13H25F3N2. The monoisotopic (exact) mass is 266 g/mol. The first kappa shape index (κ1) is 15.8. The summed E-state index contributed by atoms with van der Waals surface area (Å²) in [4.78, 5) is 1.50. The SMILES string of the molecule is CCN(CC(F)(F)F)C1CC(C(C)C)CCC1N. The normalized spacial score (nSPS) is 30.2. The molecule has 1 saturated carbocycles. The third kappa shape index (κ3) is 4.43. The maximum atomic E-state index is 12.5. The van der Waals surface area contributed by atoms with Gasteiger partial charge in [0.1, 0.15) is 0 Å². The van der Waals surface area contributed by atoms with Gasteiger partial charge in [-0.05, 0) is 37.6 Å². The number of hydrogen-bond acceptors (Lipinski definition) is 2. The van der Waals surface area contributed by atoms with Crippen molar-refractivity contribution in [2.24, 2.45) is 17.6 Å². The predicted molar refractivity (Wildman–Crippen MR) is 67.2 cm³/mol. The Morgan fingerprint density at radius 3 is 2.33 bits per heavy atom. The number of hydrogen-bond donors (Lipinski definition) is 1. The summed E-state index contributed by atoms with van der Waals surface area (Å²) in [5.74, 6) is 1.02. The average molecular weight is 266 g/mol. The van der Waals surface area contributed by atoms with Crippen LogP contribution in [-0.4, -0.2) is 36.2 Å². The Kier molecular flexibility index (Phi) is 5.46. The third-order valence-corrected chi connectivity index (χ3v) is 4.11. The summed E-state index contributed by atoms with van der Waals surface area (Å²) in [7, 11) is 0. The molecule has 3 unspecified atom stereocenters. The van der Waals surface area contributed by atoms with E-state index in [0.717, 1.165) is 19.3 Å². The van der Waals surface area contributed by atoms with Gasteiger partial charge in [-0.2, -0.15) is 13.2 Å². The van der Waals surface area contributed by atoms with Crippen molar-refractivity contribution in [2.45, 2.75) is 58.3 Å². The van der Waals surface area contributed by atoms with Crippen molar-refractivity contribution in [1.29, 1.82) is 0 Å². The first-order chi connectivity index (χ1) is 8.24. The van der Waals surface area contributed by atoms with E-state index in [9.17, 15) is 13.2 Å². The molecule has 0 aliphatic heterocycles. The zero-order valence-electron chi connectivity index (χ0n) is 11.5. The number of halogens is 3. The largest absolute Gasteiger partial charge is 0.401 e. The van der Waals surface area contributed by atoms with Crippen LogP contribution in [-0.2, 0) is 0 Å². The fourth-order valence-electron chi connectivity index (χ4n) is 2.92. The molecule has 0 saturated heterocycles. The molecule has 2 nitrogen and oxygen atoms in total. The molecule has 1 aliphatic carbocycles. The number of alkyl halides is 3. The second kappa shape index (κ2) is 6.24. The molecule has 2 N–H and O–H groups in total. The number of nitrogens with zero attached hydrogens (tertiary/aromatic N) is 1. The highest BCUT2D eigenvalue weighted by Gasteiger charge is 2.38. The molecule has 108 valence electrons. The van der Waals surface area contributed by atoms with Crippen LogP contribution in [0.1, 0.15) is 40.0 Å². The van der Waals surface area contributed by atoms with Gasteiger partial charge in [0, 0.05) is 12.1 Å². The lowest BCUT2D eigenvalue weighted by molar-refractivity contribution is -0.153. The van der Waals surface area contributed by atoms with Crippen molar-refractivity contribution >= 4 is 0 Å². The molecule has 1 rings (SSSR count). The van der Waals surface area contributed by atoms with E-state index < -0.39 is 12.7 Å². The highest BCUT2D eigenvalue weighted by Crippen LogP contribution is 2.33. The molecule has 0 aromatic carbocycles. The molecule has 3 atom stereocenters. The summed E-state index contributed by atoms with van der Waals surface area (Å²) in [6, 6.07) is -0.250. The van der Waals surface area contributed by atoms with Gasteiger partial charge in [-0.25, -0.2) is 0 Å². The van der Waals surface area contributed by atoms with Crippen LogP contribution >= 0.6 is 0 Å². The van der Waals surface area contributed by atoms with Crippen molar-refractivity contribution in [3.8, 4) is 0 Å². The zero-order valence-corrected chi connectivity index (χ0v) is 11.5. The van der Waals surface area contributed by atoms with E-state index in [0.29, 0.717) is 18.4 Å². The molecule has 1 fully saturated rings. The fraction of sp³-hybridized carbons (Fsp3) is 1.00. The zero-order chi connectivity index (χ0) is 13.9. The van der Waals surface area contributed by atoms with E-state index >= 15 is 0 Å². The van der Waals surface area contributed by atoms with Crippen LogP contribution in [0.25, 0.3) is 0 Å². The van der Waals surface area contributed by atoms with Crippen LogP contribution in [0, 0.1) is 11.8 Å². The molecule has 0 bridgehead atoms. The maximum Gasteiger partial charge on any atom is 0.401 e. The van der Waals surface area contributed by atoms with Crippen LogP contribution < -0.4 is 5.73 Å². The van der Waals surface area contributed by atoms with Gasteiger partial charge in [-0.15, -0.1) is 0 Å². The van der Waals surface area contributed by atoms with Gasteiger partial charge < -0.3 is 5.73 Å². The Morgan fingerprint density at radius 1 is 1.28 bits per heavy atom. The van der Waals surface area contributed by atoms with Gasteiger partial charge in [-0.3, -0.25) is 4.90 Å². The Balaban J connectivity index is 2.69. The molecule has 0 aromatic rings. The molecule has 18 heavy (non-hydrogen) atoms. The van der Waals surface area contributed by atoms with Crippen molar-refractivity contribution in [2.75, 3.05) is 13.1 Å². The number of rotatable bonds is 4. The lowest BCUT2D eigenvalue weighted by Crippen LogP contribution is -2.54. The minimum atomic E-state index is -4.14. The number of likely N-dealkylation sites (N-methyl/N-ethyl adjacent to an activating group) is 1. The first-order valence-corrected chi connectivity index (χ1v) is 6.81. The highest BCUT2D eigenvalue weighted by molar-refractivity contribution is 4.90. The van der Waals surface area contributed by atoms with E-state index in [4.69, 9.17) is 5.73 Å². The minimum Gasteiger partial charge on any atom is -0.326 e. The molecule has 0 spiro atoms. The van der Waals surface area contributed by atoms with Crippen molar-refractivity contribution in [1.82, 2.24) is 4.90 Å². The van der Waals surface area contributed by atoms with E-state index in [-0.39, 0.29) is 12.1 Å². The van der Waals surface area contributed by atoms with Gasteiger partial charge in [0.25, 0.3) is 0 Å². The van der Waals surface area contributed by atoms with Crippen LogP contribution in [0.4, 0.5) is 13.2 Å². The quantitative estimate of drug-likeness (QED) is 0.847. The molecule has 0 aromatic heterocycles. The van der Waals surface area contributed by atoms with E-state index in [2.05, 4.69) is 13.8 Å². The minimum absolute atomic E-state index is 0.123. The lowest BCUT2D eigenvalue weighted by Gasteiger charge is -2.42. The van der Waals surface area contributed by atoms with Crippen molar-refractivity contribution in [3.63, 3.8) is 0 Å². The summed E-state index contributed by atoms with van der Waals surface area (Å²) in [6.45, 7) is 5.62. The molecule has 0 radical (unpaired) electrons. The second-order valence-corrected chi connectivity index (χ2v) is 5.73. The third-order valence-electron chi connectivity index (χ3n) is 4.11. The summed E-state index contributed by atoms with van der Waals surface area (Å²) < 4.78 is 37.6. The van der Waals surface area contributed by atoms with E-state index in [1.807, 2.05) is 0 Å². The predicted octanol–water partition coefficient (Wildman–Crippen LogP) is 3.02. The van der Waals surface area contributed by atoms with Gasteiger partial charge >= 0.3 is 6.18 Å². The summed E-state index contributed by atoms with van der Waals surface area (Å²) >= 11 is 0.